The van der Waals surface area contributed by atoms with Gasteiger partial charge in [0.2, 0.25) is 0 Å². The van der Waals surface area contributed by atoms with Gasteiger partial charge in [-0.15, -0.1) is 0 Å². The van der Waals surface area contributed by atoms with Gasteiger partial charge in [0.15, 0.2) is 0 Å². The molecule has 3 aromatic rings. The average Bonchev–Trinajstić information content (AvgIpc) is 2.94. The summed E-state index contributed by atoms with van der Waals surface area (Å²) < 4.78 is 18.6. The second-order valence-corrected chi connectivity index (χ2v) is 9.08. The van der Waals surface area contributed by atoms with Crippen LogP contribution in [-0.2, 0) is 6.54 Å². The van der Waals surface area contributed by atoms with E-state index in [9.17, 15) is 14.0 Å². The van der Waals surface area contributed by atoms with Crippen LogP contribution in [0.1, 0.15) is 45.7 Å². The highest BCUT2D eigenvalue weighted by Gasteiger charge is 2.16. The summed E-state index contributed by atoms with van der Waals surface area (Å²) in [5, 5.41) is 6.75. The molecule has 9 heteroatoms. The minimum atomic E-state index is -0.555. The van der Waals surface area contributed by atoms with Crippen LogP contribution in [0.15, 0.2) is 71.8 Å². The number of hydrazone groups is 1. The van der Waals surface area contributed by atoms with Crippen molar-refractivity contribution in [3.8, 4) is 5.75 Å². The van der Waals surface area contributed by atoms with E-state index in [0.717, 1.165) is 31.7 Å². The molecule has 0 saturated carbocycles. The predicted octanol–water partition coefficient (Wildman–Crippen LogP) is 4.62. The van der Waals surface area contributed by atoms with Crippen molar-refractivity contribution in [3.05, 3.63) is 94.8 Å². The van der Waals surface area contributed by atoms with Gasteiger partial charge in [0.25, 0.3) is 11.8 Å². The van der Waals surface area contributed by atoms with E-state index in [2.05, 4.69) is 46.5 Å². The van der Waals surface area contributed by atoms with Crippen molar-refractivity contribution in [3.63, 3.8) is 0 Å². The van der Waals surface area contributed by atoms with Crippen molar-refractivity contribution >= 4 is 23.7 Å². The number of ether oxygens (including phenoxy) is 1. The quantitative estimate of drug-likeness (QED) is 0.247. The van der Waals surface area contributed by atoms with Crippen LogP contribution in [0, 0.1) is 5.82 Å². The molecule has 0 heterocycles. The Morgan fingerprint density at radius 2 is 1.74 bits per heavy atom. The summed E-state index contributed by atoms with van der Waals surface area (Å²) >= 11 is 0. The largest absolute Gasteiger partial charge is 0.497 e. The molecule has 0 aliphatic rings. The average molecular weight is 534 g/mol. The van der Waals surface area contributed by atoms with Crippen molar-refractivity contribution < 1.29 is 18.7 Å². The number of carbonyl (C=O) groups excluding carboxylic acids is 2. The lowest BCUT2D eigenvalue weighted by atomic mass is 10.1. The molecule has 0 unspecified atom stereocenters. The zero-order valence-corrected chi connectivity index (χ0v) is 22.9. The van der Waals surface area contributed by atoms with Gasteiger partial charge in [0.05, 0.1) is 24.6 Å². The number of likely N-dealkylation sites (N-methyl/N-ethyl adjacent to an activating group) is 2. The Labute approximate surface area is 229 Å². The summed E-state index contributed by atoms with van der Waals surface area (Å²) in [6, 6.07) is 18.0. The maximum Gasteiger partial charge on any atom is 0.273 e. The summed E-state index contributed by atoms with van der Waals surface area (Å²) in [6.07, 6.45) is 1.34. The lowest BCUT2D eigenvalue weighted by Crippen LogP contribution is -2.32. The Morgan fingerprint density at radius 3 is 2.46 bits per heavy atom. The van der Waals surface area contributed by atoms with Crippen molar-refractivity contribution in [2.75, 3.05) is 45.7 Å². The Hall–Kier alpha value is -4.08. The van der Waals surface area contributed by atoms with E-state index in [1.54, 1.807) is 30.3 Å². The van der Waals surface area contributed by atoms with Crippen molar-refractivity contribution in [2.45, 2.75) is 20.4 Å². The number of amides is 2. The molecule has 8 nitrogen and oxygen atoms in total. The smallest absolute Gasteiger partial charge is 0.273 e. The van der Waals surface area contributed by atoms with Crippen LogP contribution in [0.25, 0.3) is 0 Å². The Balaban J connectivity index is 1.70. The van der Waals surface area contributed by atoms with Gasteiger partial charge in [0, 0.05) is 25.2 Å². The van der Waals surface area contributed by atoms with Gasteiger partial charge in [-0.2, -0.15) is 5.10 Å². The van der Waals surface area contributed by atoms with Gasteiger partial charge in [-0.05, 0) is 73.7 Å². The van der Waals surface area contributed by atoms with E-state index in [-0.39, 0.29) is 11.5 Å². The van der Waals surface area contributed by atoms with Crippen LogP contribution in [0.4, 0.5) is 10.1 Å². The summed E-state index contributed by atoms with van der Waals surface area (Å²) in [6.45, 7) is 8.97. The first kappa shape index (κ1) is 29.5. The summed E-state index contributed by atoms with van der Waals surface area (Å²) in [5.41, 5.74) is 4.90. The third kappa shape index (κ3) is 9.01. The summed E-state index contributed by atoms with van der Waals surface area (Å²) in [4.78, 5) is 30.7. The van der Waals surface area contributed by atoms with E-state index in [4.69, 9.17) is 4.74 Å². The molecule has 3 aromatic carbocycles. The highest BCUT2D eigenvalue weighted by molar-refractivity contribution is 6.09. The van der Waals surface area contributed by atoms with E-state index < -0.39 is 11.7 Å². The zero-order valence-electron chi connectivity index (χ0n) is 22.9. The minimum absolute atomic E-state index is 0.173. The van der Waals surface area contributed by atoms with Crippen LogP contribution in [0.5, 0.6) is 5.75 Å². The number of benzene rings is 3. The molecule has 0 aromatic heterocycles. The fourth-order valence-corrected chi connectivity index (χ4v) is 4.01. The Kier molecular flexibility index (Phi) is 11.1. The number of nitrogens with zero attached hydrogens (tertiary/aromatic N) is 3. The van der Waals surface area contributed by atoms with Gasteiger partial charge in [0.1, 0.15) is 11.6 Å². The maximum absolute atomic E-state index is 13.4. The second-order valence-electron chi connectivity index (χ2n) is 9.08. The molecule has 206 valence electrons. The lowest BCUT2D eigenvalue weighted by Gasteiger charge is -2.23. The number of methoxy groups -OCH3 is 1. The topological polar surface area (TPSA) is 86.3 Å². The molecule has 2 N–H and O–H groups in total. The first-order chi connectivity index (χ1) is 18.8. The normalized spacial score (nSPS) is 11.3. The molecule has 0 spiro atoms. The van der Waals surface area contributed by atoms with Crippen molar-refractivity contribution in [2.24, 2.45) is 5.10 Å². The summed E-state index contributed by atoms with van der Waals surface area (Å²) in [7, 11) is 3.55. The second kappa shape index (κ2) is 14.8. The van der Waals surface area contributed by atoms with Crippen molar-refractivity contribution in [1.29, 1.82) is 0 Å². The molecule has 0 atom stereocenters. The number of carbonyl (C=O) groups is 2. The first-order valence-corrected chi connectivity index (χ1v) is 12.9. The molecule has 0 bridgehead atoms. The van der Waals surface area contributed by atoms with E-state index in [0.29, 0.717) is 29.1 Å². The highest BCUT2D eigenvalue weighted by atomic mass is 19.1. The fraction of sp³-hybridized carbons (Fsp3) is 0.300. The standard InChI is InChI=1S/C30H36FN5O3/c1-5-36(6-2)16-15-35(3)21-23-10-7-11-24(17-23)29(37)33-28-14-13-26(39-4)19-27(28)30(38)34-32-20-22-9-8-12-25(31)18-22/h7-14,17-20H,5-6,15-16,21H2,1-4H3,(H,33,37)(H,34,38)/b32-20+. The van der Waals surface area contributed by atoms with Gasteiger partial charge in [-0.3, -0.25) is 9.59 Å². The molecule has 0 saturated heterocycles. The third-order valence-electron chi connectivity index (χ3n) is 6.28. The predicted molar refractivity (Wildman–Crippen MR) is 153 cm³/mol. The lowest BCUT2D eigenvalue weighted by molar-refractivity contribution is 0.0955. The Morgan fingerprint density at radius 1 is 0.974 bits per heavy atom. The van der Waals surface area contributed by atoms with E-state index >= 15 is 0 Å². The Bertz CT molecular complexity index is 1290. The minimum Gasteiger partial charge on any atom is -0.497 e. The number of hydrogen-bond acceptors (Lipinski definition) is 6. The van der Waals surface area contributed by atoms with E-state index in [1.807, 2.05) is 18.2 Å². The van der Waals surface area contributed by atoms with Crippen LogP contribution in [0.3, 0.4) is 0 Å². The molecule has 39 heavy (non-hydrogen) atoms. The third-order valence-corrected chi connectivity index (χ3v) is 6.28. The van der Waals surface area contributed by atoms with Gasteiger partial charge in [-0.25, -0.2) is 9.82 Å². The fourth-order valence-electron chi connectivity index (χ4n) is 4.01. The summed E-state index contributed by atoms with van der Waals surface area (Å²) in [5.74, 6) is -0.856. The molecular formula is C30H36FN5O3. The van der Waals surface area contributed by atoms with Crippen LogP contribution < -0.4 is 15.5 Å². The molecule has 0 fully saturated rings. The highest BCUT2D eigenvalue weighted by Crippen LogP contribution is 2.23. The molecular weight excluding hydrogens is 497 g/mol. The van der Waals surface area contributed by atoms with E-state index in [1.165, 1.54) is 31.5 Å². The number of hydrogen-bond donors (Lipinski definition) is 2. The number of anilines is 1. The van der Waals surface area contributed by atoms with Crippen molar-refractivity contribution in [1.82, 2.24) is 15.2 Å². The first-order valence-electron chi connectivity index (χ1n) is 12.9. The van der Waals surface area contributed by atoms with Crippen LogP contribution in [0.2, 0.25) is 0 Å². The number of halogens is 1. The van der Waals surface area contributed by atoms with Crippen LogP contribution >= 0.6 is 0 Å². The van der Waals surface area contributed by atoms with Gasteiger partial charge < -0.3 is 19.9 Å². The molecule has 0 aliphatic carbocycles. The van der Waals surface area contributed by atoms with Gasteiger partial charge >= 0.3 is 0 Å². The molecule has 0 aliphatic heterocycles. The zero-order chi connectivity index (χ0) is 28.2. The number of nitrogens with one attached hydrogen (secondary N) is 2. The molecule has 0 radical (unpaired) electrons. The van der Waals surface area contributed by atoms with Gasteiger partial charge in [-0.1, -0.05) is 38.1 Å². The molecule has 3 rings (SSSR count). The van der Waals surface area contributed by atoms with Crippen LogP contribution in [-0.4, -0.2) is 68.2 Å². The monoisotopic (exact) mass is 533 g/mol. The number of rotatable bonds is 13. The molecule has 2 amide bonds. The maximum atomic E-state index is 13.4. The SMILES string of the molecule is CCN(CC)CCN(C)Cc1cccc(C(=O)Nc2ccc(OC)cc2C(=O)N/N=C/c2cccc(F)c2)c1.